The Morgan fingerprint density at radius 1 is 1.08 bits per heavy atom. The van der Waals surface area contributed by atoms with E-state index in [2.05, 4.69) is 0 Å². The van der Waals surface area contributed by atoms with Crippen LogP contribution in [0.5, 0.6) is 17.2 Å². The highest BCUT2D eigenvalue weighted by Crippen LogP contribution is 2.40. The number of aliphatic hydroxyl groups excluding tert-OH is 1. The van der Waals surface area contributed by atoms with Crippen LogP contribution in [0.4, 0.5) is 0 Å². The lowest BCUT2D eigenvalue weighted by atomic mass is 10.1. The summed E-state index contributed by atoms with van der Waals surface area (Å²) in [6.45, 7) is 4.25. The first-order valence-corrected chi connectivity index (χ1v) is 8.19. The molecule has 0 aliphatic carbocycles. The van der Waals surface area contributed by atoms with Gasteiger partial charge in [0.05, 0.1) is 21.3 Å². The first-order valence-electron chi connectivity index (χ1n) is 8.19. The number of aliphatic hydroxyl groups is 1. The van der Waals surface area contributed by atoms with E-state index in [0.29, 0.717) is 43.4 Å². The molecule has 25 heavy (non-hydrogen) atoms. The van der Waals surface area contributed by atoms with Gasteiger partial charge in [0.15, 0.2) is 11.5 Å². The third-order valence-electron chi connectivity index (χ3n) is 4.29. The van der Waals surface area contributed by atoms with Crippen molar-refractivity contribution in [1.29, 1.82) is 0 Å². The molecular weight excluding hydrogens is 324 g/mol. The smallest absolute Gasteiger partial charge is 0.246 e. The predicted molar refractivity (Wildman–Crippen MR) is 95.0 cm³/mol. The van der Waals surface area contributed by atoms with Gasteiger partial charge in [0.25, 0.3) is 0 Å². The number of hydrogen-bond donors (Lipinski definition) is 1. The number of nitrogens with zero attached hydrogens (tertiary/aromatic N) is 2. The Morgan fingerprint density at radius 3 is 2.24 bits per heavy atom. The first kappa shape index (κ1) is 19.1. The molecule has 1 heterocycles. The summed E-state index contributed by atoms with van der Waals surface area (Å²) in [6, 6.07) is 3.59. The first-order chi connectivity index (χ1) is 12.0. The molecule has 7 nitrogen and oxygen atoms in total. The van der Waals surface area contributed by atoms with Gasteiger partial charge in [-0.15, -0.1) is 0 Å². The maximum absolute atomic E-state index is 12.4. The standard InChI is InChI=1S/C18H26N2O5/c1-13(21)19-9-11-20(12-10-19)16(22)8-6-14-5-7-15(23-2)18(25-4)17(14)24-3/h5-8,13,21H,9-12H2,1-4H3/b8-6+. The van der Waals surface area contributed by atoms with Gasteiger partial charge in [-0.2, -0.15) is 0 Å². The summed E-state index contributed by atoms with van der Waals surface area (Å²) < 4.78 is 16.0. The van der Waals surface area contributed by atoms with Crippen LogP contribution in [0, 0.1) is 0 Å². The number of benzene rings is 1. The molecule has 0 radical (unpaired) electrons. The quantitative estimate of drug-likeness (QED) is 0.778. The zero-order valence-electron chi connectivity index (χ0n) is 15.2. The van der Waals surface area contributed by atoms with Crippen molar-refractivity contribution in [3.05, 3.63) is 23.8 Å². The average molecular weight is 350 g/mol. The monoisotopic (exact) mass is 350 g/mol. The highest BCUT2D eigenvalue weighted by molar-refractivity contribution is 5.92. The summed E-state index contributed by atoms with van der Waals surface area (Å²) in [5, 5.41) is 9.58. The zero-order chi connectivity index (χ0) is 18.4. The maximum atomic E-state index is 12.4. The molecule has 1 amide bonds. The van der Waals surface area contributed by atoms with Crippen molar-refractivity contribution in [3.63, 3.8) is 0 Å². The Kier molecular flexibility index (Phi) is 6.66. The van der Waals surface area contributed by atoms with Gasteiger partial charge in [-0.3, -0.25) is 9.69 Å². The average Bonchev–Trinajstić information content (AvgIpc) is 2.64. The Labute approximate surface area is 148 Å². The predicted octanol–water partition coefficient (Wildman–Crippen LogP) is 1.21. The van der Waals surface area contributed by atoms with Gasteiger partial charge in [-0.05, 0) is 25.1 Å². The summed E-state index contributed by atoms with van der Waals surface area (Å²) in [7, 11) is 4.65. The SMILES string of the molecule is COc1ccc(/C=C/C(=O)N2CCN(C(C)O)CC2)c(OC)c1OC. The largest absolute Gasteiger partial charge is 0.493 e. The number of hydrogen-bond acceptors (Lipinski definition) is 6. The fourth-order valence-electron chi connectivity index (χ4n) is 2.84. The molecule has 1 atom stereocenters. The molecule has 2 rings (SSSR count). The topological polar surface area (TPSA) is 71.5 Å². The lowest BCUT2D eigenvalue weighted by Crippen LogP contribution is -2.50. The van der Waals surface area contributed by atoms with Crippen molar-refractivity contribution in [3.8, 4) is 17.2 Å². The summed E-state index contributed by atoms with van der Waals surface area (Å²) >= 11 is 0. The molecule has 0 saturated carbocycles. The molecular formula is C18H26N2O5. The molecule has 1 fully saturated rings. The van der Waals surface area contributed by atoms with Crippen LogP contribution in [-0.4, -0.2) is 74.5 Å². The van der Waals surface area contributed by atoms with Crippen LogP contribution in [0.25, 0.3) is 6.08 Å². The van der Waals surface area contributed by atoms with Crippen LogP contribution in [-0.2, 0) is 4.79 Å². The lowest BCUT2D eigenvalue weighted by molar-refractivity contribution is -0.129. The second-order valence-electron chi connectivity index (χ2n) is 5.75. The van der Waals surface area contributed by atoms with Crippen LogP contribution in [0.15, 0.2) is 18.2 Å². The van der Waals surface area contributed by atoms with Crippen LogP contribution >= 0.6 is 0 Å². The van der Waals surface area contributed by atoms with E-state index < -0.39 is 6.23 Å². The fourth-order valence-corrected chi connectivity index (χ4v) is 2.84. The summed E-state index contributed by atoms with van der Waals surface area (Å²) in [4.78, 5) is 16.1. The van der Waals surface area contributed by atoms with Gasteiger partial charge in [-0.1, -0.05) is 0 Å². The van der Waals surface area contributed by atoms with Crippen molar-refractivity contribution >= 4 is 12.0 Å². The second kappa shape index (κ2) is 8.73. The molecule has 138 valence electrons. The van der Waals surface area contributed by atoms with Crippen molar-refractivity contribution < 1.29 is 24.1 Å². The number of methoxy groups -OCH3 is 3. The number of amides is 1. The molecule has 1 saturated heterocycles. The van der Waals surface area contributed by atoms with Crippen molar-refractivity contribution in [1.82, 2.24) is 9.80 Å². The third-order valence-corrected chi connectivity index (χ3v) is 4.29. The van der Waals surface area contributed by atoms with E-state index in [-0.39, 0.29) is 5.91 Å². The zero-order valence-corrected chi connectivity index (χ0v) is 15.2. The maximum Gasteiger partial charge on any atom is 0.246 e. The molecule has 0 spiro atoms. The molecule has 1 N–H and O–H groups in total. The van der Waals surface area contributed by atoms with Crippen molar-refractivity contribution in [2.75, 3.05) is 47.5 Å². The minimum atomic E-state index is -0.483. The Balaban J connectivity index is 2.10. The van der Waals surface area contributed by atoms with E-state index in [9.17, 15) is 9.90 Å². The highest BCUT2D eigenvalue weighted by atomic mass is 16.5. The van der Waals surface area contributed by atoms with Crippen molar-refractivity contribution in [2.24, 2.45) is 0 Å². The summed E-state index contributed by atoms with van der Waals surface area (Å²) in [5.74, 6) is 1.51. The van der Waals surface area contributed by atoms with Crippen LogP contribution in [0.1, 0.15) is 12.5 Å². The van der Waals surface area contributed by atoms with Crippen LogP contribution in [0.3, 0.4) is 0 Å². The minimum absolute atomic E-state index is 0.0675. The fraction of sp³-hybridized carbons (Fsp3) is 0.500. The number of rotatable bonds is 6. The number of carbonyl (C=O) groups excluding carboxylic acids is 1. The summed E-state index contributed by atoms with van der Waals surface area (Å²) in [6.07, 6.45) is 2.76. The third kappa shape index (κ3) is 4.43. The molecule has 1 aromatic carbocycles. The molecule has 1 aliphatic rings. The molecule has 1 aromatic rings. The van der Waals surface area contributed by atoms with E-state index in [1.54, 1.807) is 45.3 Å². The second-order valence-corrected chi connectivity index (χ2v) is 5.75. The van der Waals surface area contributed by atoms with Gasteiger partial charge < -0.3 is 24.2 Å². The van der Waals surface area contributed by atoms with E-state index in [1.807, 2.05) is 11.0 Å². The lowest BCUT2D eigenvalue weighted by Gasteiger charge is -2.35. The van der Waals surface area contributed by atoms with E-state index >= 15 is 0 Å². The Morgan fingerprint density at radius 2 is 1.72 bits per heavy atom. The van der Waals surface area contributed by atoms with Gasteiger partial charge in [-0.25, -0.2) is 0 Å². The normalized spacial score (nSPS) is 16.8. The van der Waals surface area contributed by atoms with Gasteiger partial charge in [0, 0.05) is 37.8 Å². The Hall–Kier alpha value is -2.25. The number of ether oxygens (including phenoxy) is 3. The molecule has 7 heteroatoms. The van der Waals surface area contributed by atoms with Gasteiger partial charge in [0.1, 0.15) is 6.23 Å². The van der Waals surface area contributed by atoms with Gasteiger partial charge in [0.2, 0.25) is 11.7 Å². The minimum Gasteiger partial charge on any atom is -0.493 e. The molecule has 0 bridgehead atoms. The number of piperazine rings is 1. The molecule has 0 aromatic heterocycles. The van der Waals surface area contributed by atoms with E-state index in [4.69, 9.17) is 14.2 Å². The van der Waals surface area contributed by atoms with Crippen molar-refractivity contribution in [2.45, 2.75) is 13.2 Å². The summed E-state index contributed by atoms with van der Waals surface area (Å²) in [5.41, 5.74) is 0.733. The van der Waals surface area contributed by atoms with Crippen LogP contribution < -0.4 is 14.2 Å². The van der Waals surface area contributed by atoms with Crippen LogP contribution in [0.2, 0.25) is 0 Å². The van der Waals surface area contributed by atoms with Gasteiger partial charge >= 0.3 is 0 Å². The molecule has 1 unspecified atom stereocenters. The van der Waals surface area contributed by atoms with E-state index in [0.717, 1.165) is 5.56 Å². The highest BCUT2D eigenvalue weighted by Gasteiger charge is 2.22. The Bertz CT molecular complexity index is 622. The van der Waals surface area contributed by atoms with E-state index in [1.165, 1.54) is 6.08 Å². The molecule has 1 aliphatic heterocycles. The number of carbonyl (C=O) groups is 1.